The van der Waals surface area contributed by atoms with Crippen molar-refractivity contribution < 1.29 is 14.0 Å². The molecule has 0 atom stereocenters. The van der Waals surface area contributed by atoms with Crippen LogP contribution in [0.1, 0.15) is 30.4 Å². The Morgan fingerprint density at radius 3 is 2.76 bits per heavy atom. The van der Waals surface area contributed by atoms with E-state index in [1.807, 2.05) is 37.3 Å². The summed E-state index contributed by atoms with van der Waals surface area (Å²) < 4.78 is 6.37. The molecule has 7 heteroatoms. The molecular formula is C18H19N3O3S. The van der Waals surface area contributed by atoms with Gasteiger partial charge in [-0.3, -0.25) is 9.59 Å². The second-order valence-corrected chi connectivity index (χ2v) is 6.72. The van der Waals surface area contributed by atoms with Gasteiger partial charge in [0.05, 0.1) is 23.2 Å². The lowest BCUT2D eigenvalue weighted by Crippen LogP contribution is -2.24. The van der Waals surface area contributed by atoms with E-state index in [1.165, 1.54) is 11.3 Å². The van der Waals surface area contributed by atoms with Crippen molar-refractivity contribution in [3.8, 4) is 0 Å². The lowest BCUT2D eigenvalue weighted by molar-refractivity contribution is -0.120. The van der Waals surface area contributed by atoms with E-state index >= 15 is 0 Å². The van der Waals surface area contributed by atoms with Crippen LogP contribution < -0.4 is 10.6 Å². The molecule has 2 N–H and O–H groups in total. The second kappa shape index (κ2) is 7.48. The van der Waals surface area contributed by atoms with Gasteiger partial charge in [0.2, 0.25) is 11.8 Å². The molecule has 0 aliphatic carbocycles. The van der Waals surface area contributed by atoms with Crippen molar-refractivity contribution in [1.29, 1.82) is 0 Å². The molecule has 0 saturated heterocycles. The van der Waals surface area contributed by atoms with Crippen molar-refractivity contribution in [2.75, 3.05) is 5.32 Å². The molecule has 0 radical (unpaired) electrons. The lowest BCUT2D eigenvalue weighted by Gasteiger charge is -2.03. The first-order chi connectivity index (χ1) is 12.0. The zero-order chi connectivity index (χ0) is 17.8. The molecule has 0 aliphatic heterocycles. The van der Waals surface area contributed by atoms with Crippen LogP contribution in [0.5, 0.6) is 0 Å². The third kappa shape index (κ3) is 4.45. The number of nitrogens with one attached hydrogen (secondary N) is 2. The maximum absolute atomic E-state index is 12.1. The number of furan rings is 1. The van der Waals surface area contributed by atoms with Crippen LogP contribution in [0, 0.1) is 6.92 Å². The van der Waals surface area contributed by atoms with Gasteiger partial charge in [-0.25, -0.2) is 4.98 Å². The fraction of sp³-hybridized carbons (Fsp3) is 0.278. The van der Waals surface area contributed by atoms with Crippen molar-refractivity contribution >= 4 is 38.5 Å². The van der Waals surface area contributed by atoms with Gasteiger partial charge in [0.25, 0.3) is 0 Å². The number of hydrogen-bond donors (Lipinski definition) is 2. The van der Waals surface area contributed by atoms with Crippen LogP contribution in [-0.4, -0.2) is 16.8 Å². The van der Waals surface area contributed by atoms with E-state index < -0.39 is 0 Å². The van der Waals surface area contributed by atoms with Gasteiger partial charge in [-0.15, -0.1) is 0 Å². The molecule has 2 aromatic heterocycles. The van der Waals surface area contributed by atoms with Crippen LogP contribution in [0.3, 0.4) is 0 Å². The summed E-state index contributed by atoms with van der Waals surface area (Å²) in [4.78, 5) is 27.9. The number of aryl methyl sites for hydroxylation is 1. The van der Waals surface area contributed by atoms with Gasteiger partial charge in [-0.05, 0) is 36.8 Å². The quantitative estimate of drug-likeness (QED) is 0.708. The third-order valence-electron chi connectivity index (χ3n) is 3.64. The van der Waals surface area contributed by atoms with Gasteiger partial charge >= 0.3 is 0 Å². The van der Waals surface area contributed by atoms with Crippen LogP contribution in [0.25, 0.3) is 10.2 Å². The van der Waals surface area contributed by atoms with Gasteiger partial charge in [0.15, 0.2) is 5.13 Å². The van der Waals surface area contributed by atoms with E-state index in [4.69, 9.17) is 4.42 Å². The molecular weight excluding hydrogens is 338 g/mol. The molecule has 3 rings (SSSR count). The predicted molar refractivity (Wildman–Crippen MR) is 97.5 cm³/mol. The van der Waals surface area contributed by atoms with Crippen molar-refractivity contribution in [3.05, 3.63) is 47.4 Å². The molecule has 0 aliphatic rings. The number of carbonyl (C=O) groups is 2. The van der Waals surface area contributed by atoms with Gasteiger partial charge < -0.3 is 15.1 Å². The highest BCUT2D eigenvalue weighted by Gasteiger charge is 2.09. The molecule has 25 heavy (non-hydrogen) atoms. The largest absolute Gasteiger partial charge is 0.465 e. The number of anilines is 1. The minimum Gasteiger partial charge on any atom is -0.465 e. The van der Waals surface area contributed by atoms with E-state index in [1.54, 1.807) is 6.92 Å². The SMILES string of the molecule is CCC(=O)Nc1nc2ccc(CC(=O)NCc3ccc(C)o3)cc2s1. The van der Waals surface area contributed by atoms with Crippen molar-refractivity contribution in [1.82, 2.24) is 10.3 Å². The number of amides is 2. The number of rotatable bonds is 6. The molecule has 0 saturated carbocycles. The highest BCUT2D eigenvalue weighted by molar-refractivity contribution is 7.22. The minimum atomic E-state index is -0.0718. The summed E-state index contributed by atoms with van der Waals surface area (Å²) in [6.45, 7) is 4.04. The van der Waals surface area contributed by atoms with Crippen LogP contribution >= 0.6 is 11.3 Å². The normalized spacial score (nSPS) is 10.8. The van der Waals surface area contributed by atoms with Crippen molar-refractivity contribution in [2.45, 2.75) is 33.2 Å². The summed E-state index contributed by atoms with van der Waals surface area (Å²) in [7, 11) is 0. The highest BCUT2D eigenvalue weighted by Crippen LogP contribution is 2.27. The average Bonchev–Trinajstić information content (AvgIpc) is 3.17. The molecule has 6 nitrogen and oxygen atoms in total. The van der Waals surface area contributed by atoms with E-state index in [0.29, 0.717) is 18.1 Å². The Bertz CT molecular complexity index is 913. The number of fused-ring (bicyclic) bond motifs is 1. The van der Waals surface area contributed by atoms with Crippen molar-refractivity contribution in [3.63, 3.8) is 0 Å². The monoisotopic (exact) mass is 357 g/mol. The summed E-state index contributed by atoms with van der Waals surface area (Å²) in [5.41, 5.74) is 1.71. The number of thiazole rings is 1. The van der Waals surface area contributed by atoms with Gasteiger partial charge in [0.1, 0.15) is 11.5 Å². The second-order valence-electron chi connectivity index (χ2n) is 5.69. The first-order valence-corrected chi connectivity index (χ1v) is 8.86. The topological polar surface area (TPSA) is 84.2 Å². The Kier molecular flexibility index (Phi) is 5.14. The molecule has 130 valence electrons. The fourth-order valence-corrected chi connectivity index (χ4v) is 3.30. The molecule has 0 bridgehead atoms. The van der Waals surface area contributed by atoms with E-state index in [9.17, 15) is 9.59 Å². The first-order valence-electron chi connectivity index (χ1n) is 8.05. The molecule has 0 fully saturated rings. The first kappa shape index (κ1) is 17.2. The number of aromatic nitrogens is 1. The molecule has 0 unspecified atom stereocenters. The zero-order valence-corrected chi connectivity index (χ0v) is 14.9. The van der Waals surface area contributed by atoms with Crippen LogP contribution in [0.15, 0.2) is 34.7 Å². The van der Waals surface area contributed by atoms with Gasteiger partial charge in [-0.2, -0.15) is 0 Å². The molecule has 1 aromatic carbocycles. The Morgan fingerprint density at radius 2 is 2.04 bits per heavy atom. The Balaban J connectivity index is 1.62. The Morgan fingerprint density at radius 1 is 1.20 bits per heavy atom. The summed E-state index contributed by atoms with van der Waals surface area (Å²) in [6.07, 6.45) is 0.695. The highest BCUT2D eigenvalue weighted by atomic mass is 32.1. The van der Waals surface area contributed by atoms with Crippen LogP contribution in [0.4, 0.5) is 5.13 Å². The maximum atomic E-state index is 12.1. The Hall–Kier alpha value is -2.67. The van der Waals surface area contributed by atoms with Crippen LogP contribution in [-0.2, 0) is 22.6 Å². The van der Waals surface area contributed by atoms with E-state index in [2.05, 4.69) is 15.6 Å². The molecule has 2 amide bonds. The summed E-state index contributed by atoms with van der Waals surface area (Å²) in [5, 5.41) is 6.19. The smallest absolute Gasteiger partial charge is 0.225 e. The maximum Gasteiger partial charge on any atom is 0.225 e. The summed E-state index contributed by atoms with van der Waals surface area (Å²) in [5.74, 6) is 1.43. The Labute approximate surface area is 149 Å². The van der Waals surface area contributed by atoms with E-state index in [0.717, 1.165) is 27.3 Å². The summed E-state index contributed by atoms with van der Waals surface area (Å²) in [6, 6.07) is 9.40. The number of nitrogens with zero attached hydrogens (tertiary/aromatic N) is 1. The number of benzene rings is 1. The third-order valence-corrected chi connectivity index (χ3v) is 4.57. The number of hydrogen-bond acceptors (Lipinski definition) is 5. The minimum absolute atomic E-state index is 0.0631. The lowest BCUT2D eigenvalue weighted by atomic mass is 10.1. The molecule has 3 aromatic rings. The van der Waals surface area contributed by atoms with Crippen molar-refractivity contribution in [2.24, 2.45) is 0 Å². The zero-order valence-electron chi connectivity index (χ0n) is 14.1. The average molecular weight is 357 g/mol. The van der Waals surface area contributed by atoms with Gasteiger partial charge in [-0.1, -0.05) is 24.3 Å². The summed E-state index contributed by atoms with van der Waals surface area (Å²) >= 11 is 1.41. The molecule has 0 spiro atoms. The predicted octanol–water partition coefficient (Wildman–Crippen LogP) is 3.41. The number of carbonyl (C=O) groups excluding carboxylic acids is 2. The standard InChI is InChI=1S/C18H19N3O3S/c1-3-16(22)21-18-20-14-7-5-12(8-15(14)25-18)9-17(23)19-10-13-6-4-11(2)24-13/h4-8H,3,9-10H2,1-2H3,(H,19,23)(H,20,21,22). The molecule has 2 heterocycles. The van der Waals surface area contributed by atoms with E-state index in [-0.39, 0.29) is 18.2 Å². The fourth-order valence-electron chi connectivity index (χ4n) is 2.35. The van der Waals surface area contributed by atoms with Gasteiger partial charge in [0, 0.05) is 6.42 Å². The van der Waals surface area contributed by atoms with Crippen LogP contribution in [0.2, 0.25) is 0 Å².